The van der Waals surface area contributed by atoms with E-state index >= 15 is 0 Å². The number of aliphatic hydroxyl groups excluding tert-OH is 1. The zero-order valence-electron chi connectivity index (χ0n) is 12.4. The summed E-state index contributed by atoms with van der Waals surface area (Å²) in [6.45, 7) is 6.21. The molecule has 1 unspecified atom stereocenters. The van der Waals surface area contributed by atoms with E-state index in [1.165, 1.54) is 0 Å². The van der Waals surface area contributed by atoms with Crippen LogP contribution in [0.25, 0.3) is 0 Å². The van der Waals surface area contributed by atoms with E-state index in [1.54, 1.807) is 19.2 Å². The molecule has 0 fully saturated rings. The van der Waals surface area contributed by atoms with E-state index in [4.69, 9.17) is 10.5 Å². The van der Waals surface area contributed by atoms with E-state index in [-0.39, 0.29) is 36.1 Å². The standard InChI is InChI=1S/C14H23N3O2.HI/c1-14(2,3)17-13(15)16-9-12(18)10-5-7-11(19-4)8-6-10;/h5-8,12,18H,9H2,1-4H3,(H3,15,16,17);1H. The van der Waals surface area contributed by atoms with Gasteiger partial charge in [0.2, 0.25) is 0 Å². The Bertz CT molecular complexity index is 427. The molecule has 0 saturated carbocycles. The summed E-state index contributed by atoms with van der Waals surface area (Å²) in [6, 6.07) is 7.23. The van der Waals surface area contributed by atoms with Crippen LogP contribution in [0.15, 0.2) is 29.3 Å². The van der Waals surface area contributed by atoms with Gasteiger partial charge in [0.1, 0.15) is 5.75 Å². The number of aliphatic imine (C=N–C) groups is 1. The minimum absolute atomic E-state index is 0. The van der Waals surface area contributed by atoms with Crippen LogP contribution in [-0.4, -0.2) is 30.3 Å². The number of nitrogens with one attached hydrogen (secondary N) is 1. The Kier molecular flexibility index (Phi) is 7.88. The molecule has 0 bridgehead atoms. The van der Waals surface area contributed by atoms with Crippen molar-refractivity contribution >= 4 is 29.9 Å². The van der Waals surface area contributed by atoms with E-state index < -0.39 is 6.10 Å². The molecule has 0 radical (unpaired) electrons. The Balaban J connectivity index is 0.00000361. The van der Waals surface area contributed by atoms with Crippen molar-refractivity contribution in [1.82, 2.24) is 5.32 Å². The molecule has 20 heavy (non-hydrogen) atoms. The molecule has 0 aliphatic rings. The number of ether oxygens (including phenoxy) is 1. The highest BCUT2D eigenvalue weighted by Crippen LogP contribution is 2.17. The molecular weight excluding hydrogens is 369 g/mol. The van der Waals surface area contributed by atoms with Crippen LogP contribution in [-0.2, 0) is 0 Å². The number of hydrogen-bond donors (Lipinski definition) is 3. The molecule has 0 aromatic heterocycles. The number of hydrogen-bond acceptors (Lipinski definition) is 3. The normalized spacial score (nSPS) is 13.3. The molecular formula is C14H24IN3O2. The first-order valence-electron chi connectivity index (χ1n) is 6.22. The molecule has 1 atom stereocenters. The molecule has 1 rings (SSSR count). The predicted octanol–water partition coefficient (Wildman–Crippen LogP) is 2.05. The molecule has 5 nitrogen and oxygen atoms in total. The van der Waals surface area contributed by atoms with Gasteiger partial charge >= 0.3 is 0 Å². The first-order chi connectivity index (χ1) is 8.81. The Morgan fingerprint density at radius 3 is 2.35 bits per heavy atom. The summed E-state index contributed by atoms with van der Waals surface area (Å²) < 4.78 is 5.06. The average Bonchev–Trinajstić information content (AvgIpc) is 2.34. The number of guanidine groups is 1. The van der Waals surface area contributed by atoms with Gasteiger partial charge in [-0.25, -0.2) is 0 Å². The Morgan fingerprint density at radius 1 is 1.35 bits per heavy atom. The first kappa shape index (κ1) is 19.0. The molecule has 0 aliphatic heterocycles. The zero-order valence-corrected chi connectivity index (χ0v) is 14.7. The van der Waals surface area contributed by atoms with Crippen molar-refractivity contribution in [3.8, 4) is 5.75 Å². The lowest BCUT2D eigenvalue weighted by Crippen LogP contribution is -2.45. The van der Waals surface area contributed by atoms with Gasteiger partial charge < -0.3 is 20.9 Å². The second kappa shape index (κ2) is 8.31. The van der Waals surface area contributed by atoms with Crippen molar-refractivity contribution in [2.24, 2.45) is 10.7 Å². The van der Waals surface area contributed by atoms with Gasteiger partial charge in [-0.05, 0) is 38.5 Å². The summed E-state index contributed by atoms with van der Waals surface area (Å²) >= 11 is 0. The topological polar surface area (TPSA) is 79.9 Å². The van der Waals surface area contributed by atoms with Crippen molar-refractivity contribution < 1.29 is 9.84 Å². The lowest BCUT2D eigenvalue weighted by atomic mass is 10.1. The monoisotopic (exact) mass is 393 g/mol. The molecule has 0 amide bonds. The third-order valence-electron chi connectivity index (χ3n) is 2.44. The van der Waals surface area contributed by atoms with Crippen molar-refractivity contribution in [3.05, 3.63) is 29.8 Å². The fraction of sp³-hybridized carbons (Fsp3) is 0.500. The number of nitrogens with zero attached hydrogens (tertiary/aromatic N) is 1. The van der Waals surface area contributed by atoms with E-state index in [0.29, 0.717) is 5.96 Å². The lowest BCUT2D eigenvalue weighted by Gasteiger charge is -2.21. The van der Waals surface area contributed by atoms with Gasteiger partial charge in [-0.15, -0.1) is 24.0 Å². The van der Waals surface area contributed by atoms with E-state index in [9.17, 15) is 5.11 Å². The van der Waals surface area contributed by atoms with Gasteiger partial charge in [-0.1, -0.05) is 12.1 Å². The molecule has 4 N–H and O–H groups in total. The molecule has 0 heterocycles. The van der Waals surface area contributed by atoms with Gasteiger partial charge in [-0.2, -0.15) is 0 Å². The number of halogens is 1. The quantitative estimate of drug-likeness (QED) is 0.416. The van der Waals surface area contributed by atoms with Gasteiger partial charge in [0, 0.05) is 5.54 Å². The predicted molar refractivity (Wildman–Crippen MR) is 92.7 cm³/mol. The number of nitrogens with two attached hydrogens (primary N) is 1. The number of rotatable bonds is 4. The molecule has 1 aromatic carbocycles. The summed E-state index contributed by atoms with van der Waals surface area (Å²) in [5.74, 6) is 1.09. The van der Waals surface area contributed by atoms with Crippen molar-refractivity contribution in [3.63, 3.8) is 0 Å². The van der Waals surface area contributed by atoms with E-state index in [1.807, 2.05) is 32.9 Å². The van der Waals surface area contributed by atoms with Gasteiger partial charge in [0.05, 0.1) is 19.8 Å². The van der Waals surface area contributed by atoms with Gasteiger partial charge in [0.15, 0.2) is 5.96 Å². The summed E-state index contributed by atoms with van der Waals surface area (Å²) in [4.78, 5) is 4.13. The van der Waals surface area contributed by atoms with Crippen molar-refractivity contribution in [2.75, 3.05) is 13.7 Å². The molecule has 6 heteroatoms. The fourth-order valence-electron chi connectivity index (χ4n) is 1.54. The van der Waals surface area contributed by atoms with Crippen LogP contribution in [0.4, 0.5) is 0 Å². The Morgan fingerprint density at radius 2 is 1.90 bits per heavy atom. The highest BCUT2D eigenvalue weighted by molar-refractivity contribution is 14.0. The van der Waals surface area contributed by atoms with Crippen LogP contribution in [0.2, 0.25) is 0 Å². The summed E-state index contributed by atoms with van der Waals surface area (Å²) in [5.41, 5.74) is 6.38. The minimum atomic E-state index is -0.675. The van der Waals surface area contributed by atoms with Gasteiger partial charge in [0.25, 0.3) is 0 Å². The summed E-state index contributed by atoms with van der Waals surface area (Å²) in [6.07, 6.45) is -0.675. The summed E-state index contributed by atoms with van der Waals surface area (Å²) in [7, 11) is 1.61. The Hall–Kier alpha value is -1.02. The molecule has 0 aliphatic carbocycles. The minimum Gasteiger partial charge on any atom is -0.497 e. The second-order valence-corrected chi connectivity index (χ2v) is 5.39. The average molecular weight is 393 g/mol. The molecule has 1 aromatic rings. The molecule has 0 saturated heterocycles. The molecule has 0 spiro atoms. The fourth-order valence-corrected chi connectivity index (χ4v) is 1.54. The highest BCUT2D eigenvalue weighted by Gasteiger charge is 2.11. The zero-order chi connectivity index (χ0) is 14.5. The lowest BCUT2D eigenvalue weighted by molar-refractivity contribution is 0.187. The molecule has 114 valence electrons. The first-order valence-corrected chi connectivity index (χ1v) is 6.22. The van der Waals surface area contributed by atoms with Crippen LogP contribution < -0.4 is 15.8 Å². The smallest absolute Gasteiger partial charge is 0.189 e. The third-order valence-corrected chi connectivity index (χ3v) is 2.44. The van der Waals surface area contributed by atoms with Gasteiger partial charge in [-0.3, -0.25) is 4.99 Å². The maximum atomic E-state index is 10.0. The SMILES string of the molecule is COc1ccc(C(O)CN=C(N)NC(C)(C)C)cc1.I. The van der Waals surface area contributed by atoms with Crippen LogP contribution in [0.1, 0.15) is 32.4 Å². The Labute approximate surface area is 137 Å². The maximum Gasteiger partial charge on any atom is 0.189 e. The number of methoxy groups -OCH3 is 1. The van der Waals surface area contributed by atoms with Crippen LogP contribution in [0.3, 0.4) is 0 Å². The second-order valence-electron chi connectivity index (χ2n) is 5.39. The number of benzene rings is 1. The largest absolute Gasteiger partial charge is 0.497 e. The van der Waals surface area contributed by atoms with E-state index in [2.05, 4.69) is 10.3 Å². The van der Waals surface area contributed by atoms with Crippen molar-refractivity contribution in [2.45, 2.75) is 32.4 Å². The maximum absolute atomic E-state index is 10.0. The van der Waals surface area contributed by atoms with E-state index in [0.717, 1.165) is 11.3 Å². The highest BCUT2D eigenvalue weighted by atomic mass is 127. The van der Waals surface area contributed by atoms with Crippen LogP contribution in [0, 0.1) is 0 Å². The van der Waals surface area contributed by atoms with Crippen LogP contribution in [0.5, 0.6) is 5.75 Å². The van der Waals surface area contributed by atoms with Crippen molar-refractivity contribution in [1.29, 1.82) is 0 Å². The summed E-state index contributed by atoms with van der Waals surface area (Å²) in [5, 5.41) is 13.0. The third kappa shape index (κ3) is 6.95. The van der Waals surface area contributed by atoms with Crippen LogP contribution >= 0.6 is 24.0 Å². The number of aliphatic hydroxyl groups is 1.